The fourth-order valence-corrected chi connectivity index (χ4v) is 4.77. The van der Waals surface area contributed by atoms with Gasteiger partial charge in [0.25, 0.3) is 5.91 Å². The number of carbonyl (C=O) groups excluding carboxylic acids is 2. The standard InChI is InChI=1S/C20H20Cl2N2O6S/c1-12(25)19(23-31(28,29)14-6-7-15(21)16(22)10-14)20(27)30-11-18(26)24-9-8-13-4-2-3-5-17(13)24/h2-7,10,12,19,23,25H,8-9,11H2,1H3. The Hall–Kier alpha value is -2.17. The van der Waals surface area contributed by atoms with E-state index >= 15 is 0 Å². The van der Waals surface area contributed by atoms with Gasteiger partial charge in [-0.1, -0.05) is 41.4 Å². The number of para-hydroxylation sites is 1. The van der Waals surface area contributed by atoms with Crippen LogP contribution in [0, 0.1) is 0 Å². The van der Waals surface area contributed by atoms with Crippen molar-refractivity contribution in [3.05, 3.63) is 58.1 Å². The van der Waals surface area contributed by atoms with E-state index in [9.17, 15) is 23.1 Å². The van der Waals surface area contributed by atoms with E-state index in [2.05, 4.69) is 4.72 Å². The molecule has 2 N–H and O–H groups in total. The summed E-state index contributed by atoms with van der Waals surface area (Å²) in [4.78, 5) is 26.2. The maximum atomic E-state index is 12.6. The Labute approximate surface area is 189 Å². The fourth-order valence-electron chi connectivity index (χ4n) is 3.12. The van der Waals surface area contributed by atoms with Gasteiger partial charge in [0.1, 0.15) is 6.04 Å². The number of hydrogen-bond donors (Lipinski definition) is 2. The lowest BCUT2D eigenvalue weighted by molar-refractivity contribution is -0.151. The fraction of sp³-hybridized carbons (Fsp3) is 0.300. The van der Waals surface area contributed by atoms with Gasteiger partial charge in [-0.25, -0.2) is 8.42 Å². The van der Waals surface area contributed by atoms with Crippen LogP contribution >= 0.6 is 23.2 Å². The van der Waals surface area contributed by atoms with Gasteiger partial charge in [-0.3, -0.25) is 9.59 Å². The van der Waals surface area contributed by atoms with Crippen LogP contribution in [0.4, 0.5) is 5.69 Å². The van der Waals surface area contributed by atoms with Gasteiger partial charge in [0, 0.05) is 12.2 Å². The average molecular weight is 487 g/mol. The molecule has 2 unspecified atom stereocenters. The lowest BCUT2D eigenvalue weighted by atomic mass is 10.2. The SMILES string of the molecule is CC(O)C(NS(=O)(=O)c1ccc(Cl)c(Cl)c1)C(=O)OCC(=O)N1CCc2ccccc21. The summed E-state index contributed by atoms with van der Waals surface area (Å²) in [5.74, 6) is -1.53. The van der Waals surface area contributed by atoms with Gasteiger partial charge in [-0.15, -0.1) is 0 Å². The van der Waals surface area contributed by atoms with E-state index in [1.165, 1.54) is 24.0 Å². The highest BCUT2D eigenvalue weighted by Crippen LogP contribution is 2.27. The predicted octanol–water partition coefficient (Wildman–Crippen LogP) is 2.15. The Morgan fingerprint density at radius 3 is 2.58 bits per heavy atom. The van der Waals surface area contributed by atoms with Crippen molar-refractivity contribution in [1.82, 2.24) is 4.72 Å². The van der Waals surface area contributed by atoms with Gasteiger partial charge in [0.2, 0.25) is 10.0 Å². The first-order chi connectivity index (χ1) is 14.6. The third-order valence-corrected chi connectivity index (χ3v) is 6.92. The van der Waals surface area contributed by atoms with Crippen LogP contribution in [0.2, 0.25) is 10.0 Å². The Morgan fingerprint density at radius 1 is 1.19 bits per heavy atom. The van der Waals surface area contributed by atoms with Crippen LogP contribution in [-0.4, -0.2) is 50.7 Å². The molecule has 2 aromatic carbocycles. The summed E-state index contributed by atoms with van der Waals surface area (Å²) in [7, 11) is -4.23. The van der Waals surface area contributed by atoms with Crippen molar-refractivity contribution in [3.8, 4) is 0 Å². The molecule has 1 aliphatic heterocycles. The molecule has 0 spiro atoms. The molecule has 0 saturated heterocycles. The summed E-state index contributed by atoms with van der Waals surface area (Å²) in [5, 5.41) is 10.1. The smallest absolute Gasteiger partial charge is 0.327 e. The number of fused-ring (bicyclic) bond motifs is 1. The highest BCUT2D eigenvalue weighted by atomic mass is 35.5. The summed E-state index contributed by atoms with van der Waals surface area (Å²) in [6.45, 7) is 1.09. The number of aliphatic hydroxyl groups excluding tert-OH is 1. The van der Waals surface area contributed by atoms with Crippen LogP contribution in [0.15, 0.2) is 47.4 Å². The zero-order valence-electron chi connectivity index (χ0n) is 16.4. The van der Waals surface area contributed by atoms with Crippen molar-refractivity contribution in [2.75, 3.05) is 18.1 Å². The van der Waals surface area contributed by atoms with Crippen molar-refractivity contribution >= 4 is 50.8 Å². The number of nitrogens with zero attached hydrogens (tertiary/aromatic N) is 1. The van der Waals surface area contributed by atoms with E-state index < -0.39 is 40.7 Å². The van der Waals surface area contributed by atoms with Gasteiger partial charge >= 0.3 is 5.97 Å². The molecule has 11 heteroatoms. The lowest BCUT2D eigenvalue weighted by Gasteiger charge is -2.21. The first kappa shape index (κ1) is 23.5. The normalized spacial score (nSPS) is 15.3. The summed E-state index contributed by atoms with van der Waals surface area (Å²) in [6.07, 6.45) is -0.733. The van der Waals surface area contributed by atoms with Crippen molar-refractivity contribution in [2.45, 2.75) is 30.4 Å². The number of aliphatic hydroxyl groups is 1. The van der Waals surface area contributed by atoms with E-state index in [0.717, 1.165) is 17.3 Å². The monoisotopic (exact) mass is 486 g/mol. The number of nitrogens with one attached hydrogen (secondary N) is 1. The molecule has 2 atom stereocenters. The van der Waals surface area contributed by atoms with Gasteiger partial charge in [-0.05, 0) is 43.2 Å². The predicted molar refractivity (Wildman–Crippen MR) is 116 cm³/mol. The largest absolute Gasteiger partial charge is 0.454 e. The Morgan fingerprint density at radius 2 is 1.90 bits per heavy atom. The Kier molecular flexibility index (Phi) is 7.23. The summed E-state index contributed by atoms with van der Waals surface area (Å²) in [6, 6.07) is 9.37. The number of ether oxygens (including phenoxy) is 1. The summed E-state index contributed by atoms with van der Waals surface area (Å²) in [5.41, 5.74) is 1.76. The molecular formula is C20H20Cl2N2O6S. The molecule has 1 heterocycles. The number of sulfonamides is 1. The van der Waals surface area contributed by atoms with E-state index in [0.29, 0.717) is 13.0 Å². The molecule has 0 fully saturated rings. The summed E-state index contributed by atoms with van der Waals surface area (Å²) >= 11 is 11.7. The van der Waals surface area contributed by atoms with Crippen LogP contribution in [-0.2, 0) is 30.8 Å². The lowest BCUT2D eigenvalue weighted by Crippen LogP contribution is -2.49. The summed E-state index contributed by atoms with van der Waals surface area (Å²) < 4.78 is 32.3. The molecule has 0 radical (unpaired) electrons. The molecule has 1 amide bonds. The molecule has 0 aliphatic carbocycles. The minimum absolute atomic E-state index is 0.0113. The minimum atomic E-state index is -4.23. The van der Waals surface area contributed by atoms with Gasteiger partial charge < -0.3 is 14.7 Å². The number of benzene rings is 2. The number of hydrogen-bond acceptors (Lipinski definition) is 6. The van der Waals surface area contributed by atoms with Crippen LogP contribution in [0.5, 0.6) is 0 Å². The molecule has 2 aromatic rings. The number of esters is 1. The maximum absolute atomic E-state index is 12.6. The van der Waals surface area contributed by atoms with Crippen molar-refractivity contribution in [3.63, 3.8) is 0 Å². The Bertz CT molecular complexity index is 1110. The molecule has 31 heavy (non-hydrogen) atoms. The number of amides is 1. The first-order valence-corrected chi connectivity index (χ1v) is 11.5. The van der Waals surface area contributed by atoms with E-state index in [1.807, 2.05) is 12.1 Å². The third kappa shape index (κ3) is 5.36. The van der Waals surface area contributed by atoms with Crippen molar-refractivity contribution in [1.29, 1.82) is 0 Å². The molecule has 0 bridgehead atoms. The average Bonchev–Trinajstić information content (AvgIpc) is 3.16. The molecule has 0 saturated carbocycles. The second kappa shape index (κ2) is 9.54. The Balaban J connectivity index is 1.67. The van der Waals surface area contributed by atoms with Gasteiger partial charge in [-0.2, -0.15) is 4.72 Å². The molecule has 166 valence electrons. The molecular weight excluding hydrogens is 467 g/mol. The number of rotatable bonds is 7. The van der Waals surface area contributed by atoms with Crippen LogP contribution in [0.25, 0.3) is 0 Å². The van der Waals surface area contributed by atoms with Crippen LogP contribution in [0.1, 0.15) is 12.5 Å². The molecule has 8 nitrogen and oxygen atoms in total. The maximum Gasteiger partial charge on any atom is 0.327 e. The van der Waals surface area contributed by atoms with Crippen LogP contribution in [0.3, 0.4) is 0 Å². The first-order valence-electron chi connectivity index (χ1n) is 9.30. The zero-order valence-corrected chi connectivity index (χ0v) is 18.7. The molecule has 0 aromatic heterocycles. The topological polar surface area (TPSA) is 113 Å². The minimum Gasteiger partial charge on any atom is -0.454 e. The number of halogens is 2. The van der Waals surface area contributed by atoms with Crippen molar-refractivity contribution in [2.24, 2.45) is 0 Å². The van der Waals surface area contributed by atoms with Gasteiger partial charge in [0.05, 0.1) is 21.0 Å². The molecule has 3 rings (SSSR count). The number of carbonyl (C=O) groups is 2. The van der Waals surface area contributed by atoms with E-state index in [-0.39, 0.29) is 14.9 Å². The highest BCUT2D eigenvalue weighted by molar-refractivity contribution is 7.89. The third-order valence-electron chi connectivity index (χ3n) is 4.75. The van der Waals surface area contributed by atoms with Crippen LogP contribution < -0.4 is 9.62 Å². The van der Waals surface area contributed by atoms with E-state index in [1.54, 1.807) is 12.1 Å². The van der Waals surface area contributed by atoms with E-state index in [4.69, 9.17) is 27.9 Å². The number of anilines is 1. The quantitative estimate of drug-likeness (QED) is 0.579. The molecule has 1 aliphatic rings. The highest BCUT2D eigenvalue weighted by Gasteiger charge is 2.32. The zero-order chi connectivity index (χ0) is 22.8. The second-order valence-corrected chi connectivity index (χ2v) is 9.48. The van der Waals surface area contributed by atoms with Gasteiger partial charge in [0.15, 0.2) is 6.61 Å². The second-order valence-electron chi connectivity index (χ2n) is 6.95. The van der Waals surface area contributed by atoms with Crippen molar-refractivity contribution < 1.29 is 27.9 Å².